The highest BCUT2D eigenvalue weighted by atomic mass is 19.1. The lowest BCUT2D eigenvalue weighted by atomic mass is 10.0. The van der Waals surface area contributed by atoms with Gasteiger partial charge in [0, 0.05) is 6.07 Å². The van der Waals surface area contributed by atoms with Crippen LogP contribution in [0.3, 0.4) is 0 Å². The molecular formula is C20H20F2N2O2. The van der Waals surface area contributed by atoms with Crippen molar-refractivity contribution >= 4 is 5.91 Å². The molecule has 4 nitrogen and oxygen atoms in total. The Kier molecular flexibility index (Phi) is 6.67. The van der Waals surface area contributed by atoms with Crippen LogP contribution in [0.15, 0.2) is 48.5 Å². The molecule has 0 heterocycles. The van der Waals surface area contributed by atoms with Crippen LogP contribution in [0, 0.1) is 28.9 Å². The number of nitriles is 1. The number of rotatable bonds is 7. The molecule has 2 aromatic rings. The summed E-state index contributed by atoms with van der Waals surface area (Å²) in [6, 6.07) is 13.2. The predicted octanol–water partition coefficient (Wildman–Crippen LogP) is 4.14. The molecule has 0 saturated carbocycles. The Balaban J connectivity index is 2.28. The first-order valence-electron chi connectivity index (χ1n) is 8.32. The lowest BCUT2D eigenvalue weighted by Gasteiger charge is -2.27. The normalized spacial score (nSPS) is 14.0. The second-order valence-electron chi connectivity index (χ2n) is 5.91. The SMILES string of the molecule is CCC(C#N)C(=O)N[C@H](C)[C@@H](Oc1cc(F)ccc1F)c1ccccc1. The van der Waals surface area contributed by atoms with Gasteiger partial charge in [-0.05, 0) is 31.0 Å². The highest BCUT2D eigenvalue weighted by molar-refractivity contribution is 5.81. The van der Waals surface area contributed by atoms with E-state index in [0.29, 0.717) is 12.0 Å². The molecule has 0 radical (unpaired) electrons. The molecule has 0 fully saturated rings. The van der Waals surface area contributed by atoms with Crippen LogP contribution >= 0.6 is 0 Å². The summed E-state index contributed by atoms with van der Waals surface area (Å²) in [5.41, 5.74) is 0.689. The number of hydrogen-bond acceptors (Lipinski definition) is 3. The van der Waals surface area contributed by atoms with Crippen molar-refractivity contribution in [1.29, 1.82) is 5.26 Å². The van der Waals surface area contributed by atoms with Gasteiger partial charge in [0.2, 0.25) is 5.91 Å². The molecule has 0 aliphatic rings. The quantitative estimate of drug-likeness (QED) is 0.809. The van der Waals surface area contributed by atoms with Crippen LogP contribution in [-0.4, -0.2) is 11.9 Å². The molecule has 0 bridgehead atoms. The van der Waals surface area contributed by atoms with Crippen LogP contribution in [0.25, 0.3) is 0 Å². The zero-order valence-corrected chi connectivity index (χ0v) is 14.6. The summed E-state index contributed by atoms with van der Waals surface area (Å²) in [5.74, 6) is -2.77. The highest BCUT2D eigenvalue weighted by Crippen LogP contribution is 2.28. The Bertz CT molecular complexity index is 790. The van der Waals surface area contributed by atoms with E-state index in [4.69, 9.17) is 10.00 Å². The van der Waals surface area contributed by atoms with Crippen LogP contribution in [0.2, 0.25) is 0 Å². The minimum atomic E-state index is -0.778. The van der Waals surface area contributed by atoms with Crippen molar-refractivity contribution in [1.82, 2.24) is 5.32 Å². The van der Waals surface area contributed by atoms with E-state index in [1.807, 2.05) is 12.1 Å². The Hall–Kier alpha value is -2.94. The summed E-state index contributed by atoms with van der Waals surface area (Å²) in [5, 5.41) is 11.8. The van der Waals surface area contributed by atoms with Crippen molar-refractivity contribution in [3.8, 4) is 11.8 Å². The van der Waals surface area contributed by atoms with Crippen LogP contribution < -0.4 is 10.1 Å². The number of amides is 1. The van der Waals surface area contributed by atoms with E-state index < -0.39 is 35.6 Å². The number of carbonyl (C=O) groups is 1. The summed E-state index contributed by atoms with van der Waals surface area (Å²) in [7, 11) is 0. The standard InChI is InChI=1S/C20H20F2N2O2/c1-3-14(12-23)20(25)24-13(2)19(15-7-5-4-6-8-15)26-18-11-16(21)9-10-17(18)22/h4-11,13-14,19H,3H2,1-2H3,(H,24,25)/t13-,14?,19-/m1/s1. The summed E-state index contributed by atoms with van der Waals surface area (Å²) < 4.78 is 33.2. The first-order valence-corrected chi connectivity index (χ1v) is 8.32. The lowest BCUT2D eigenvalue weighted by Crippen LogP contribution is -2.41. The Morgan fingerprint density at radius 3 is 2.54 bits per heavy atom. The molecule has 3 atom stereocenters. The first-order chi connectivity index (χ1) is 12.5. The van der Waals surface area contributed by atoms with Crippen LogP contribution in [0.4, 0.5) is 8.78 Å². The van der Waals surface area contributed by atoms with E-state index in [9.17, 15) is 13.6 Å². The van der Waals surface area contributed by atoms with Gasteiger partial charge in [0.1, 0.15) is 17.8 Å². The minimum absolute atomic E-state index is 0.243. The van der Waals surface area contributed by atoms with Gasteiger partial charge in [-0.15, -0.1) is 0 Å². The molecule has 1 amide bonds. The number of hydrogen-bond donors (Lipinski definition) is 1. The molecule has 0 aliphatic heterocycles. The van der Waals surface area contributed by atoms with Gasteiger partial charge in [-0.25, -0.2) is 8.78 Å². The van der Waals surface area contributed by atoms with Gasteiger partial charge < -0.3 is 10.1 Å². The van der Waals surface area contributed by atoms with Gasteiger partial charge in [-0.1, -0.05) is 37.3 Å². The van der Waals surface area contributed by atoms with Crippen molar-refractivity contribution in [2.75, 3.05) is 0 Å². The number of ether oxygens (including phenoxy) is 1. The van der Waals surface area contributed by atoms with E-state index in [1.165, 1.54) is 0 Å². The third kappa shape index (κ3) is 4.79. The van der Waals surface area contributed by atoms with Crippen molar-refractivity contribution in [3.63, 3.8) is 0 Å². The van der Waals surface area contributed by atoms with Crippen molar-refractivity contribution in [2.24, 2.45) is 5.92 Å². The molecule has 26 heavy (non-hydrogen) atoms. The summed E-state index contributed by atoms with van der Waals surface area (Å²) in [4.78, 5) is 12.2. The summed E-state index contributed by atoms with van der Waals surface area (Å²) in [6.45, 7) is 3.43. The maximum atomic E-state index is 14.0. The van der Waals surface area contributed by atoms with Crippen LogP contribution in [0.1, 0.15) is 31.9 Å². The average molecular weight is 358 g/mol. The largest absolute Gasteiger partial charge is 0.480 e. The molecule has 2 rings (SSSR count). The molecular weight excluding hydrogens is 338 g/mol. The van der Waals surface area contributed by atoms with Gasteiger partial charge >= 0.3 is 0 Å². The predicted molar refractivity (Wildman–Crippen MR) is 93.2 cm³/mol. The van der Waals surface area contributed by atoms with Crippen molar-refractivity contribution < 1.29 is 18.3 Å². The summed E-state index contributed by atoms with van der Waals surface area (Å²) >= 11 is 0. The zero-order valence-electron chi connectivity index (χ0n) is 14.6. The molecule has 2 aromatic carbocycles. The van der Waals surface area contributed by atoms with Gasteiger partial charge in [-0.2, -0.15) is 5.26 Å². The fourth-order valence-corrected chi connectivity index (χ4v) is 2.54. The Labute approximate surface area is 151 Å². The third-order valence-electron chi connectivity index (χ3n) is 3.98. The number of carbonyl (C=O) groups excluding carboxylic acids is 1. The second-order valence-corrected chi connectivity index (χ2v) is 5.91. The summed E-state index contributed by atoms with van der Waals surface area (Å²) in [6.07, 6.45) is -0.377. The minimum Gasteiger partial charge on any atom is -0.480 e. The maximum absolute atomic E-state index is 14.0. The Morgan fingerprint density at radius 2 is 1.92 bits per heavy atom. The monoisotopic (exact) mass is 358 g/mol. The van der Waals surface area contributed by atoms with E-state index in [0.717, 1.165) is 18.2 Å². The lowest BCUT2D eigenvalue weighted by molar-refractivity contribution is -0.124. The highest BCUT2D eigenvalue weighted by Gasteiger charge is 2.26. The average Bonchev–Trinajstić information content (AvgIpc) is 2.64. The molecule has 0 aromatic heterocycles. The fourth-order valence-electron chi connectivity index (χ4n) is 2.54. The molecule has 0 saturated heterocycles. The molecule has 0 spiro atoms. The number of halogens is 2. The second kappa shape index (κ2) is 8.95. The van der Waals surface area contributed by atoms with Gasteiger partial charge in [0.05, 0.1) is 12.1 Å². The van der Waals surface area contributed by atoms with E-state index in [-0.39, 0.29) is 5.75 Å². The molecule has 0 aliphatic carbocycles. The van der Waals surface area contributed by atoms with Crippen molar-refractivity contribution in [3.05, 3.63) is 65.7 Å². The number of nitrogens with one attached hydrogen (secondary N) is 1. The van der Waals surface area contributed by atoms with Crippen LogP contribution in [0.5, 0.6) is 5.75 Å². The maximum Gasteiger partial charge on any atom is 0.237 e. The van der Waals surface area contributed by atoms with Crippen molar-refractivity contribution in [2.45, 2.75) is 32.4 Å². The van der Waals surface area contributed by atoms with E-state index in [1.54, 1.807) is 38.1 Å². The van der Waals surface area contributed by atoms with Gasteiger partial charge in [0.25, 0.3) is 0 Å². The third-order valence-corrected chi connectivity index (χ3v) is 3.98. The van der Waals surface area contributed by atoms with E-state index >= 15 is 0 Å². The smallest absolute Gasteiger partial charge is 0.237 e. The fraction of sp³-hybridized carbons (Fsp3) is 0.300. The number of benzene rings is 2. The van der Waals surface area contributed by atoms with Crippen LogP contribution in [-0.2, 0) is 4.79 Å². The van der Waals surface area contributed by atoms with Gasteiger partial charge in [-0.3, -0.25) is 4.79 Å². The molecule has 136 valence electrons. The molecule has 6 heteroatoms. The first kappa shape index (κ1) is 19.4. The van der Waals surface area contributed by atoms with E-state index in [2.05, 4.69) is 5.32 Å². The topological polar surface area (TPSA) is 62.1 Å². The number of nitrogens with zero attached hydrogens (tertiary/aromatic N) is 1. The molecule has 1 unspecified atom stereocenters. The Morgan fingerprint density at radius 1 is 1.23 bits per heavy atom. The van der Waals surface area contributed by atoms with Gasteiger partial charge in [0.15, 0.2) is 11.6 Å². The molecule has 1 N–H and O–H groups in total. The zero-order chi connectivity index (χ0) is 19.1.